The van der Waals surface area contributed by atoms with E-state index in [0.29, 0.717) is 13.0 Å². The maximum absolute atomic E-state index is 11.4. The highest BCUT2D eigenvalue weighted by molar-refractivity contribution is 6.20. The van der Waals surface area contributed by atoms with E-state index in [0.717, 1.165) is 22.6 Å². The van der Waals surface area contributed by atoms with Crippen molar-refractivity contribution in [3.8, 4) is 5.75 Å². The zero-order valence-electron chi connectivity index (χ0n) is 11.8. The summed E-state index contributed by atoms with van der Waals surface area (Å²) in [5.74, 6) is 1.51. The molecule has 2 rings (SSSR count). The minimum atomic E-state index is -0.224. The molecule has 0 aliphatic carbocycles. The molecule has 1 aromatic heterocycles. The van der Waals surface area contributed by atoms with Gasteiger partial charge in [-0.05, 0) is 19.1 Å². The van der Waals surface area contributed by atoms with Crippen molar-refractivity contribution in [3.05, 3.63) is 24.0 Å². The van der Waals surface area contributed by atoms with Crippen LogP contribution in [0.5, 0.6) is 5.75 Å². The number of imidazole rings is 1. The number of alkyl halides is 1. The number of hydrogen-bond donors (Lipinski definition) is 1. The maximum Gasteiger partial charge on any atom is 0.221 e. The summed E-state index contributed by atoms with van der Waals surface area (Å²) in [7, 11) is 3.25. The van der Waals surface area contributed by atoms with Gasteiger partial charge in [0, 0.05) is 26.1 Å². The molecule has 0 aliphatic rings. The van der Waals surface area contributed by atoms with Crippen LogP contribution in [0.4, 0.5) is 0 Å². The van der Waals surface area contributed by atoms with Crippen LogP contribution < -0.4 is 10.1 Å². The number of aryl methyl sites for hydroxylation is 1. The number of carbonyl (C=O) groups is 1. The summed E-state index contributed by atoms with van der Waals surface area (Å²) in [5.41, 5.74) is 1.78. The summed E-state index contributed by atoms with van der Waals surface area (Å²) in [5, 5.41) is 2.39. The molecule has 0 spiro atoms. The van der Waals surface area contributed by atoms with Crippen molar-refractivity contribution in [1.29, 1.82) is 0 Å². The van der Waals surface area contributed by atoms with Gasteiger partial charge in [-0.2, -0.15) is 0 Å². The third-order valence-electron chi connectivity index (χ3n) is 3.18. The van der Waals surface area contributed by atoms with Gasteiger partial charge < -0.3 is 14.6 Å². The second kappa shape index (κ2) is 6.13. The highest BCUT2D eigenvalue weighted by Crippen LogP contribution is 2.27. The number of halogens is 1. The molecule has 1 atom stereocenters. The van der Waals surface area contributed by atoms with E-state index in [4.69, 9.17) is 16.3 Å². The molecule has 0 radical (unpaired) electrons. The van der Waals surface area contributed by atoms with Gasteiger partial charge in [-0.3, -0.25) is 4.79 Å². The number of benzene rings is 1. The monoisotopic (exact) mass is 295 g/mol. The van der Waals surface area contributed by atoms with Gasteiger partial charge in [-0.25, -0.2) is 4.98 Å². The average Bonchev–Trinajstić information content (AvgIpc) is 2.82. The Kier molecular flexibility index (Phi) is 4.49. The zero-order valence-corrected chi connectivity index (χ0v) is 12.6. The van der Waals surface area contributed by atoms with E-state index in [1.165, 1.54) is 0 Å². The molecule has 108 valence electrons. The van der Waals surface area contributed by atoms with Gasteiger partial charge in [0.05, 0.1) is 23.5 Å². The lowest BCUT2D eigenvalue weighted by Gasteiger charge is -2.10. The van der Waals surface area contributed by atoms with Crippen molar-refractivity contribution >= 4 is 28.5 Å². The smallest absolute Gasteiger partial charge is 0.221 e. The zero-order chi connectivity index (χ0) is 14.7. The van der Waals surface area contributed by atoms with Crippen molar-refractivity contribution in [2.24, 2.45) is 0 Å². The van der Waals surface area contributed by atoms with E-state index in [1.54, 1.807) is 14.2 Å². The van der Waals surface area contributed by atoms with Gasteiger partial charge in [0.1, 0.15) is 11.6 Å². The molecule has 2 aromatic rings. The molecule has 5 nitrogen and oxygen atoms in total. The largest absolute Gasteiger partial charge is 0.497 e. The predicted molar refractivity (Wildman–Crippen MR) is 79.2 cm³/mol. The summed E-state index contributed by atoms with van der Waals surface area (Å²) in [6.45, 7) is 2.41. The van der Waals surface area contributed by atoms with Crippen LogP contribution in [0.2, 0.25) is 0 Å². The lowest BCUT2D eigenvalue weighted by molar-refractivity contribution is -0.120. The molecular formula is C14H18ClN3O2. The van der Waals surface area contributed by atoms with Crippen molar-refractivity contribution < 1.29 is 9.53 Å². The van der Waals surface area contributed by atoms with Crippen LogP contribution in [-0.2, 0) is 11.3 Å². The number of hydrogen-bond acceptors (Lipinski definition) is 3. The number of methoxy groups -OCH3 is 1. The summed E-state index contributed by atoms with van der Waals surface area (Å²) < 4.78 is 7.22. The number of nitrogens with one attached hydrogen (secondary N) is 1. The summed E-state index contributed by atoms with van der Waals surface area (Å²) >= 11 is 6.19. The van der Waals surface area contributed by atoms with Gasteiger partial charge in [-0.15, -0.1) is 11.6 Å². The quantitative estimate of drug-likeness (QED) is 0.862. The van der Waals surface area contributed by atoms with E-state index >= 15 is 0 Å². The Morgan fingerprint density at radius 2 is 2.30 bits per heavy atom. The Bertz CT molecular complexity index is 622. The standard InChI is InChI=1S/C14H18ClN3O2/c1-9(15)14-17-11-5-4-10(20-3)8-12(11)18(14)7-6-13(19)16-2/h4-5,8-9H,6-7H2,1-3H3,(H,16,19). The Morgan fingerprint density at radius 3 is 2.90 bits per heavy atom. The second-order valence-corrected chi connectivity index (χ2v) is 5.17. The number of fused-ring (bicyclic) bond motifs is 1. The van der Waals surface area contributed by atoms with Crippen LogP contribution in [0.3, 0.4) is 0 Å². The van der Waals surface area contributed by atoms with E-state index < -0.39 is 0 Å². The van der Waals surface area contributed by atoms with Gasteiger partial charge in [0.25, 0.3) is 0 Å². The predicted octanol–water partition coefficient (Wildman–Crippen LogP) is 2.48. The van der Waals surface area contributed by atoms with Crippen LogP contribution in [0.1, 0.15) is 24.5 Å². The Morgan fingerprint density at radius 1 is 1.55 bits per heavy atom. The fourth-order valence-corrected chi connectivity index (χ4v) is 2.29. The topological polar surface area (TPSA) is 56.2 Å². The summed E-state index contributed by atoms with van der Waals surface area (Å²) in [4.78, 5) is 16.0. The van der Waals surface area contributed by atoms with Gasteiger partial charge >= 0.3 is 0 Å². The third-order valence-corrected chi connectivity index (χ3v) is 3.38. The fraction of sp³-hybridized carbons (Fsp3) is 0.429. The van der Waals surface area contributed by atoms with Crippen LogP contribution >= 0.6 is 11.6 Å². The van der Waals surface area contributed by atoms with Crippen LogP contribution in [0.25, 0.3) is 11.0 Å². The van der Waals surface area contributed by atoms with Crippen LogP contribution in [0, 0.1) is 0 Å². The second-order valence-electron chi connectivity index (χ2n) is 4.52. The van der Waals surface area contributed by atoms with E-state index in [-0.39, 0.29) is 11.3 Å². The first-order valence-electron chi connectivity index (χ1n) is 6.45. The normalized spacial score (nSPS) is 12.4. The molecule has 20 heavy (non-hydrogen) atoms. The summed E-state index contributed by atoms with van der Waals surface area (Å²) in [6.07, 6.45) is 0.385. The Hall–Kier alpha value is -1.75. The molecule has 1 amide bonds. The highest BCUT2D eigenvalue weighted by Gasteiger charge is 2.16. The van der Waals surface area contributed by atoms with Crippen molar-refractivity contribution in [1.82, 2.24) is 14.9 Å². The van der Waals surface area contributed by atoms with Crippen LogP contribution in [0.15, 0.2) is 18.2 Å². The number of aromatic nitrogens is 2. The number of amides is 1. The summed E-state index contributed by atoms with van der Waals surface area (Å²) in [6, 6.07) is 5.67. The molecule has 6 heteroatoms. The lowest BCUT2D eigenvalue weighted by atomic mass is 10.3. The van der Waals surface area contributed by atoms with Crippen molar-refractivity contribution in [2.45, 2.75) is 25.3 Å². The average molecular weight is 296 g/mol. The number of rotatable bonds is 5. The number of nitrogens with zero attached hydrogens (tertiary/aromatic N) is 2. The number of carbonyl (C=O) groups excluding carboxylic acids is 1. The molecular weight excluding hydrogens is 278 g/mol. The van der Waals surface area contributed by atoms with Gasteiger partial charge in [0.15, 0.2) is 0 Å². The molecule has 1 heterocycles. The van der Waals surface area contributed by atoms with Gasteiger partial charge in [0.2, 0.25) is 5.91 Å². The van der Waals surface area contributed by atoms with Gasteiger partial charge in [-0.1, -0.05) is 0 Å². The minimum absolute atomic E-state index is 0.0112. The van der Waals surface area contributed by atoms with Crippen LogP contribution in [-0.4, -0.2) is 29.6 Å². The number of ether oxygens (including phenoxy) is 1. The molecule has 0 saturated heterocycles. The first kappa shape index (κ1) is 14.7. The van der Waals surface area contributed by atoms with E-state index in [1.807, 2.05) is 29.7 Å². The maximum atomic E-state index is 11.4. The molecule has 1 unspecified atom stereocenters. The highest BCUT2D eigenvalue weighted by atomic mass is 35.5. The molecule has 0 bridgehead atoms. The SMILES string of the molecule is CNC(=O)CCn1c(C(C)Cl)nc2ccc(OC)cc21. The lowest BCUT2D eigenvalue weighted by Crippen LogP contribution is -2.20. The van der Waals surface area contributed by atoms with E-state index in [9.17, 15) is 4.79 Å². The molecule has 1 aromatic carbocycles. The molecule has 0 fully saturated rings. The van der Waals surface area contributed by atoms with Crippen molar-refractivity contribution in [3.63, 3.8) is 0 Å². The Labute approximate surface area is 122 Å². The fourth-order valence-electron chi connectivity index (χ4n) is 2.13. The van der Waals surface area contributed by atoms with Crippen molar-refractivity contribution in [2.75, 3.05) is 14.2 Å². The molecule has 0 aliphatic heterocycles. The molecule has 1 N–H and O–H groups in total. The minimum Gasteiger partial charge on any atom is -0.497 e. The van der Waals surface area contributed by atoms with E-state index in [2.05, 4.69) is 10.3 Å². The Balaban J connectivity index is 2.45. The molecule has 0 saturated carbocycles. The first-order valence-corrected chi connectivity index (χ1v) is 6.89. The first-order chi connectivity index (χ1) is 9.56. The third kappa shape index (κ3) is 2.88.